The molecule has 0 aliphatic carbocycles. The summed E-state index contributed by atoms with van der Waals surface area (Å²) in [4.78, 5) is 35.0. The van der Waals surface area contributed by atoms with Crippen molar-refractivity contribution in [3.05, 3.63) is 52.6 Å². The summed E-state index contributed by atoms with van der Waals surface area (Å²) in [6, 6.07) is 8.45. The van der Waals surface area contributed by atoms with Crippen LogP contribution in [0.3, 0.4) is 0 Å². The highest BCUT2D eigenvalue weighted by atomic mass is 35.5. The van der Waals surface area contributed by atoms with E-state index in [2.05, 4.69) is 10.2 Å². The number of methoxy groups -OCH3 is 2. The van der Waals surface area contributed by atoms with Gasteiger partial charge in [-0.25, -0.2) is 4.42 Å². The van der Waals surface area contributed by atoms with Crippen molar-refractivity contribution in [2.24, 2.45) is 10.2 Å². The van der Waals surface area contributed by atoms with Crippen LogP contribution in [0.2, 0.25) is 0 Å². The number of ketones is 1. The first-order valence-corrected chi connectivity index (χ1v) is 8.50. The predicted octanol–water partition coefficient (Wildman–Crippen LogP) is 3.84. The number of nitrogens with zero attached hydrogens (tertiary/aromatic N) is 4. The molecule has 1 atom stereocenters. The number of anilines is 1. The number of para-hydroxylation sites is 1. The minimum Gasteiger partial charge on any atom is -0.493 e. The van der Waals surface area contributed by atoms with Crippen molar-refractivity contribution in [2.75, 3.05) is 18.6 Å². The fourth-order valence-corrected chi connectivity index (χ4v) is 2.57. The number of nitro groups is 1. The number of non-ortho nitro benzene ring substituents is 1. The molecule has 152 valence electrons. The number of Topliss-reactive ketones (excluding diaryl/α,β-unsaturated/α-hetero) is 1. The Balaban J connectivity index is 2.34. The predicted molar refractivity (Wildman–Crippen MR) is 105 cm³/mol. The minimum absolute atomic E-state index is 0.110. The Morgan fingerprint density at radius 2 is 1.86 bits per heavy atom. The van der Waals surface area contributed by atoms with E-state index in [-0.39, 0.29) is 22.8 Å². The average Bonchev–Trinajstić information content (AvgIpc) is 2.72. The third kappa shape index (κ3) is 5.05. The molecule has 0 heterocycles. The van der Waals surface area contributed by atoms with Gasteiger partial charge in [0.1, 0.15) is 5.69 Å². The van der Waals surface area contributed by atoms with Gasteiger partial charge in [0, 0.05) is 23.9 Å². The van der Waals surface area contributed by atoms with Crippen LogP contribution in [0.5, 0.6) is 11.5 Å². The number of nitro benzene ring substituents is 1. The fourth-order valence-electron chi connectivity index (χ4n) is 2.35. The van der Waals surface area contributed by atoms with Gasteiger partial charge in [0.25, 0.3) is 11.6 Å². The summed E-state index contributed by atoms with van der Waals surface area (Å²) in [7, 11) is 2.80. The molecule has 0 bridgehead atoms. The van der Waals surface area contributed by atoms with Gasteiger partial charge in [-0.1, -0.05) is 12.1 Å². The van der Waals surface area contributed by atoms with Crippen molar-refractivity contribution in [3.8, 4) is 11.5 Å². The quantitative estimate of drug-likeness (QED) is 0.210. The van der Waals surface area contributed by atoms with Crippen molar-refractivity contribution < 1.29 is 24.0 Å². The van der Waals surface area contributed by atoms with Crippen LogP contribution in [0.25, 0.3) is 0 Å². The summed E-state index contributed by atoms with van der Waals surface area (Å²) in [5.41, 5.74) is 0.0564. The van der Waals surface area contributed by atoms with Gasteiger partial charge in [-0.2, -0.15) is 10.2 Å². The number of ether oxygens (including phenoxy) is 2. The second-order valence-corrected chi connectivity index (χ2v) is 5.98. The Morgan fingerprint density at radius 3 is 2.45 bits per heavy atom. The van der Waals surface area contributed by atoms with Crippen LogP contribution in [0.15, 0.2) is 52.7 Å². The molecule has 10 nitrogen and oxygen atoms in total. The molecule has 11 heteroatoms. The molecule has 0 spiro atoms. The van der Waals surface area contributed by atoms with Crippen molar-refractivity contribution in [3.63, 3.8) is 0 Å². The maximum absolute atomic E-state index is 12.8. The monoisotopic (exact) mass is 420 g/mol. The number of amides is 1. The van der Waals surface area contributed by atoms with E-state index in [4.69, 9.17) is 21.3 Å². The van der Waals surface area contributed by atoms with E-state index in [1.54, 1.807) is 12.1 Å². The number of hydrogen-bond acceptors (Lipinski definition) is 8. The Kier molecular flexibility index (Phi) is 7.21. The molecular formula is C18H17ClN4O6. The van der Waals surface area contributed by atoms with Crippen molar-refractivity contribution in [1.82, 2.24) is 0 Å². The summed E-state index contributed by atoms with van der Waals surface area (Å²) in [5, 5.41) is 18.4. The summed E-state index contributed by atoms with van der Waals surface area (Å²) < 4.78 is 11.1. The van der Waals surface area contributed by atoms with Gasteiger partial charge in [-0.05, 0) is 25.1 Å². The average molecular weight is 421 g/mol. The topological polar surface area (TPSA) is 124 Å². The Bertz CT molecular complexity index is 965. The number of carbonyl (C=O) groups is 2. The van der Waals surface area contributed by atoms with Crippen LogP contribution in [-0.4, -0.2) is 36.9 Å². The van der Waals surface area contributed by atoms with Gasteiger partial charge in [0.15, 0.2) is 17.3 Å². The lowest BCUT2D eigenvalue weighted by Gasteiger charge is -2.20. The highest BCUT2D eigenvalue weighted by Gasteiger charge is 2.31. The van der Waals surface area contributed by atoms with Crippen LogP contribution in [-0.2, 0) is 9.59 Å². The zero-order valence-corrected chi connectivity index (χ0v) is 16.5. The summed E-state index contributed by atoms with van der Waals surface area (Å²) in [5.74, 6) is -0.964. The standard InChI is InChI=1S/C18H17ClN4O6/c1-11(24)16(21-20-12-6-4-7-13(10-12)23(26)27)18(25)22(19)14-8-5-9-15(28-2)17(14)29-3/h4-10,16H,1-3H3. The number of hydrogen-bond donors (Lipinski definition) is 0. The lowest BCUT2D eigenvalue weighted by molar-refractivity contribution is -0.384. The zero-order chi connectivity index (χ0) is 21.6. The third-order valence-corrected chi connectivity index (χ3v) is 4.08. The first-order chi connectivity index (χ1) is 13.8. The molecular weight excluding hydrogens is 404 g/mol. The van der Waals surface area contributed by atoms with Gasteiger partial charge >= 0.3 is 0 Å². The Morgan fingerprint density at radius 1 is 1.17 bits per heavy atom. The minimum atomic E-state index is -1.55. The summed E-state index contributed by atoms with van der Waals surface area (Å²) >= 11 is 6.16. The van der Waals surface area contributed by atoms with Crippen LogP contribution in [0, 0.1) is 10.1 Å². The van der Waals surface area contributed by atoms with Crippen LogP contribution in [0.1, 0.15) is 6.92 Å². The van der Waals surface area contributed by atoms with Crippen molar-refractivity contribution in [1.29, 1.82) is 0 Å². The van der Waals surface area contributed by atoms with E-state index in [1.165, 1.54) is 38.5 Å². The highest BCUT2D eigenvalue weighted by molar-refractivity contribution is 6.39. The molecule has 0 saturated heterocycles. The first-order valence-electron chi connectivity index (χ1n) is 8.16. The van der Waals surface area contributed by atoms with E-state index in [9.17, 15) is 19.7 Å². The third-order valence-electron chi connectivity index (χ3n) is 3.74. The SMILES string of the molecule is COc1cccc(N(Cl)C(=O)C(N=Nc2cccc([N+](=O)[O-])c2)C(C)=O)c1OC. The van der Waals surface area contributed by atoms with Gasteiger partial charge in [0.2, 0.25) is 6.04 Å². The second-order valence-electron chi connectivity index (χ2n) is 5.64. The zero-order valence-electron chi connectivity index (χ0n) is 15.7. The molecule has 2 aromatic carbocycles. The molecule has 0 radical (unpaired) electrons. The molecule has 0 aliphatic heterocycles. The number of azo groups is 1. The van der Waals surface area contributed by atoms with Gasteiger partial charge in [0.05, 0.1) is 24.8 Å². The molecule has 0 N–H and O–H groups in total. The molecule has 0 aromatic heterocycles. The van der Waals surface area contributed by atoms with Crippen LogP contribution >= 0.6 is 11.8 Å². The van der Waals surface area contributed by atoms with Crippen LogP contribution < -0.4 is 13.9 Å². The first kappa shape index (κ1) is 21.8. The number of halogens is 1. The second kappa shape index (κ2) is 9.60. The fraction of sp³-hybridized carbons (Fsp3) is 0.222. The Labute approximate surface area is 171 Å². The highest BCUT2D eigenvalue weighted by Crippen LogP contribution is 2.38. The van der Waals surface area contributed by atoms with Gasteiger partial charge in [-0.15, -0.1) is 0 Å². The van der Waals surface area contributed by atoms with Crippen LogP contribution in [0.4, 0.5) is 17.1 Å². The molecule has 29 heavy (non-hydrogen) atoms. The smallest absolute Gasteiger partial charge is 0.276 e. The van der Waals surface area contributed by atoms with E-state index in [1.807, 2.05) is 0 Å². The lowest BCUT2D eigenvalue weighted by Crippen LogP contribution is -2.36. The summed E-state index contributed by atoms with van der Waals surface area (Å²) in [6.07, 6.45) is 0. The van der Waals surface area contributed by atoms with Gasteiger partial charge < -0.3 is 9.47 Å². The maximum atomic E-state index is 12.8. The van der Waals surface area contributed by atoms with E-state index < -0.39 is 22.7 Å². The molecule has 1 amide bonds. The van der Waals surface area contributed by atoms with Crippen molar-refractivity contribution >= 4 is 40.5 Å². The van der Waals surface area contributed by atoms with Crippen molar-refractivity contribution in [2.45, 2.75) is 13.0 Å². The Hall–Kier alpha value is -3.53. The molecule has 2 rings (SSSR count). The number of rotatable bonds is 8. The maximum Gasteiger partial charge on any atom is 0.276 e. The number of carbonyl (C=O) groups excluding carboxylic acids is 2. The van der Waals surface area contributed by atoms with E-state index >= 15 is 0 Å². The number of benzene rings is 2. The lowest BCUT2D eigenvalue weighted by atomic mass is 10.2. The molecule has 2 aromatic rings. The normalized spacial score (nSPS) is 11.7. The van der Waals surface area contributed by atoms with E-state index in [0.717, 1.165) is 13.0 Å². The largest absolute Gasteiger partial charge is 0.493 e. The molecule has 0 saturated carbocycles. The molecule has 0 fully saturated rings. The van der Waals surface area contributed by atoms with Gasteiger partial charge in [-0.3, -0.25) is 19.7 Å². The molecule has 0 aliphatic rings. The summed E-state index contributed by atoms with van der Waals surface area (Å²) in [6.45, 7) is 1.16. The van der Waals surface area contributed by atoms with E-state index in [0.29, 0.717) is 10.2 Å². The molecule has 1 unspecified atom stereocenters.